The van der Waals surface area contributed by atoms with Gasteiger partial charge in [0.05, 0.1) is 30.4 Å². The maximum Gasteiger partial charge on any atom is 0.159 e. The summed E-state index contributed by atoms with van der Waals surface area (Å²) in [6, 6.07) is 7.92. The predicted molar refractivity (Wildman–Crippen MR) is 132 cm³/mol. The Balaban J connectivity index is 1.66. The van der Waals surface area contributed by atoms with Crippen LogP contribution in [0, 0.1) is 5.82 Å². The van der Waals surface area contributed by atoms with Crippen LogP contribution in [0.2, 0.25) is 5.02 Å². The standard InChI is InChI=1S/C24H22BrClFN3O4/c25-5-1-2-17(31)8-15-9-19-22(11-23(15)34-13-18-12-32-6-7-33-18)28-14-29-24(19)30-16-3-4-21(27)20(26)10-16/h1-4,9-11,14,18H,5-8,12-13H2,(H,28,29,30)/b2-1+/t18-/m0/s1. The molecule has 4 rings (SSSR count). The lowest BCUT2D eigenvalue weighted by Gasteiger charge is -2.23. The van der Waals surface area contributed by atoms with E-state index in [1.54, 1.807) is 18.2 Å². The van der Waals surface area contributed by atoms with Crippen molar-refractivity contribution in [2.24, 2.45) is 0 Å². The van der Waals surface area contributed by atoms with Crippen LogP contribution in [0.5, 0.6) is 5.75 Å². The molecule has 1 aromatic heterocycles. The molecule has 3 aromatic rings. The topological polar surface area (TPSA) is 82.6 Å². The van der Waals surface area contributed by atoms with Gasteiger partial charge < -0.3 is 19.5 Å². The first kappa shape index (κ1) is 24.5. The van der Waals surface area contributed by atoms with Crippen molar-refractivity contribution < 1.29 is 23.4 Å². The second kappa shape index (κ2) is 11.7. The number of nitrogens with zero attached hydrogens (tertiary/aromatic N) is 2. The van der Waals surface area contributed by atoms with E-state index in [4.69, 9.17) is 25.8 Å². The Labute approximate surface area is 209 Å². The fraction of sp³-hybridized carbons (Fsp3) is 0.292. The Morgan fingerprint density at radius 2 is 2.18 bits per heavy atom. The lowest BCUT2D eigenvalue weighted by molar-refractivity contribution is -0.114. The fourth-order valence-electron chi connectivity index (χ4n) is 3.45. The third-order valence-electron chi connectivity index (χ3n) is 5.07. The van der Waals surface area contributed by atoms with Crippen LogP contribution in [0.1, 0.15) is 5.56 Å². The molecule has 34 heavy (non-hydrogen) atoms. The normalized spacial score (nSPS) is 16.1. The van der Waals surface area contributed by atoms with Crippen molar-refractivity contribution in [3.63, 3.8) is 0 Å². The molecule has 1 aliphatic rings. The van der Waals surface area contributed by atoms with Crippen LogP contribution in [0.4, 0.5) is 15.9 Å². The molecule has 10 heteroatoms. The smallest absolute Gasteiger partial charge is 0.159 e. The van der Waals surface area contributed by atoms with Gasteiger partial charge in [0.25, 0.3) is 0 Å². The molecular weight excluding hydrogens is 529 g/mol. The van der Waals surface area contributed by atoms with Crippen molar-refractivity contribution in [1.29, 1.82) is 0 Å². The van der Waals surface area contributed by atoms with Gasteiger partial charge in [-0.25, -0.2) is 14.4 Å². The highest BCUT2D eigenvalue weighted by molar-refractivity contribution is 9.09. The number of anilines is 2. The first-order valence-corrected chi connectivity index (χ1v) is 12.1. The number of nitrogens with one attached hydrogen (secondary N) is 1. The maximum absolute atomic E-state index is 13.5. The Hall–Kier alpha value is -2.59. The Bertz CT molecular complexity index is 1200. The minimum absolute atomic E-state index is 0.00202. The number of fused-ring (bicyclic) bond motifs is 1. The van der Waals surface area contributed by atoms with Crippen molar-refractivity contribution in [2.45, 2.75) is 12.5 Å². The van der Waals surface area contributed by atoms with Gasteiger partial charge in [-0.15, -0.1) is 0 Å². The number of hydrogen-bond donors (Lipinski definition) is 1. The van der Waals surface area contributed by atoms with Crippen LogP contribution in [0.15, 0.2) is 48.8 Å². The van der Waals surface area contributed by atoms with Crippen LogP contribution >= 0.6 is 27.5 Å². The largest absolute Gasteiger partial charge is 0.490 e. The summed E-state index contributed by atoms with van der Waals surface area (Å²) in [6.07, 6.45) is 4.63. The van der Waals surface area contributed by atoms with E-state index in [9.17, 15) is 9.18 Å². The van der Waals surface area contributed by atoms with Crippen molar-refractivity contribution in [1.82, 2.24) is 9.97 Å². The minimum Gasteiger partial charge on any atom is -0.490 e. The number of ether oxygens (including phenoxy) is 3. The van der Waals surface area contributed by atoms with E-state index >= 15 is 0 Å². The molecule has 1 aliphatic heterocycles. The van der Waals surface area contributed by atoms with E-state index in [1.807, 2.05) is 6.07 Å². The summed E-state index contributed by atoms with van der Waals surface area (Å²) in [5.74, 6) is 0.452. The van der Waals surface area contributed by atoms with Crippen molar-refractivity contribution in [2.75, 3.05) is 37.1 Å². The molecule has 0 saturated carbocycles. The zero-order chi connectivity index (χ0) is 23.9. The number of halogens is 3. The van der Waals surface area contributed by atoms with E-state index < -0.39 is 5.82 Å². The lowest BCUT2D eigenvalue weighted by Crippen LogP contribution is -2.33. The van der Waals surface area contributed by atoms with Crippen molar-refractivity contribution in [3.8, 4) is 5.75 Å². The summed E-state index contributed by atoms with van der Waals surface area (Å²) in [5.41, 5.74) is 1.87. The monoisotopic (exact) mass is 549 g/mol. The second-order valence-electron chi connectivity index (χ2n) is 7.53. The molecule has 0 spiro atoms. The van der Waals surface area contributed by atoms with Crippen molar-refractivity contribution >= 4 is 55.7 Å². The van der Waals surface area contributed by atoms with Crippen LogP contribution in [0.25, 0.3) is 10.9 Å². The first-order chi connectivity index (χ1) is 16.5. The van der Waals surface area contributed by atoms with Gasteiger partial charge in [0.2, 0.25) is 0 Å². The predicted octanol–water partition coefficient (Wildman–Crippen LogP) is 5.02. The molecule has 0 unspecified atom stereocenters. The van der Waals surface area contributed by atoms with Gasteiger partial charge >= 0.3 is 0 Å². The van der Waals surface area contributed by atoms with Gasteiger partial charge in [-0.3, -0.25) is 4.79 Å². The van der Waals surface area contributed by atoms with Crippen molar-refractivity contribution in [3.05, 3.63) is 65.2 Å². The van der Waals surface area contributed by atoms with E-state index in [-0.39, 0.29) is 29.9 Å². The molecular formula is C24H22BrClFN3O4. The summed E-state index contributed by atoms with van der Waals surface area (Å²) in [4.78, 5) is 21.2. The molecule has 0 radical (unpaired) electrons. The number of aromatic nitrogens is 2. The molecule has 178 valence electrons. The third kappa shape index (κ3) is 6.29. The number of ketones is 1. The van der Waals surface area contributed by atoms with E-state index in [2.05, 4.69) is 31.2 Å². The second-order valence-corrected chi connectivity index (χ2v) is 8.59. The van der Waals surface area contributed by atoms with Gasteiger partial charge in [-0.2, -0.15) is 0 Å². The van der Waals surface area contributed by atoms with E-state index in [0.29, 0.717) is 58.9 Å². The van der Waals surface area contributed by atoms with E-state index in [1.165, 1.54) is 24.5 Å². The molecule has 1 saturated heterocycles. The summed E-state index contributed by atoms with van der Waals surface area (Å²) < 4.78 is 30.7. The van der Waals surface area contributed by atoms with Gasteiger partial charge in [0.1, 0.15) is 36.4 Å². The van der Waals surface area contributed by atoms with Crippen LogP contribution in [0.3, 0.4) is 0 Å². The van der Waals surface area contributed by atoms with Gasteiger partial charge in [0.15, 0.2) is 5.78 Å². The maximum atomic E-state index is 13.5. The quantitative estimate of drug-likeness (QED) is 0.296. The molecule has 1 fully saturated rings. The van der Waals surface area contributed by atoms with E-state index in [0.717, 1.165) is 0 Å². The number of carbonyl (C=O) groups excluding carboxylic acids is 1. The number of alkyl halides is 1. The molecule has 2 heterocycles. The molecule has 0 amide bonds. The van der Waals surface area contributed by atoms with Crippen LogP contribution in [-0.4, -0.2) is 53.6 Å². The molecule has 1 atom stereocenters. The zero-order valence-corrected chi connectivity index (χ0v) is 20.4. The highest BCUT2D eigenvalue weighted by Gasteiger charge is 2.18. The zero-order valence-electron chi connectivity index (χ0n) is 18.1. The number of rotatable bonds is 9. The van der Waals surface area contributed by atoms with Gasteiger partial charge in [0, 0.05) is 34.5 Å². The number of hydrogen-bond acceptors (Lipinski definition) is 7. The fourth-order valence-corrected chi connectivity index (χ4v) is 3.82. The number of carbonyl (C=O) groups is 1. The highest BCUT2D eigenvalue weighted by atomic mass is 79.9. The Kier molecular flexibility index (Phi) is 8.44. The highest BCUT2D eigenvalue weighted by Crippen LogP contribution is 2.31. The van der Waals surface area contributed by atoms with Gasteiger partial charge in [-0.1, -0.05) is 33.6 Å². The first-order valence-electron chi connectivity index (χ1n) is 10.6. The Morgan fingerprint density at radius 3 is 2.94 bits per heavy atom. The number of benzene rings is 2. The summed E-state index contributed by atoms with van der Waals surface area (Å²) in [6.45, 7) is 1.82. The summed E-state index contributed by atoms with van der Waals surface area (Å²) >= 11 is 9.19. The number of allylic oxidation sites excluding steroid dienone is 2. The molecule has 0 bridgehead atoms. The molecule has 0 aliphatic carbocycles. The van der Waals surface area contributed by atoms with Crippen LogP contribution in [-0.2, 0) is 20.7 Å². The summed E-state index contributed by atoms with van der Waals surface area (Å²) in [5, 5.41) is 4.41. The molecule has 7 nitrogen and oxygen atoms in total. The molecule has 2 aromatic carbocycles. The average Bonchev–Trinajstić information content (AvgIpc) is 2.84. The Morgan fingerprint density at radius 1 is 1.29 bits per heavy atom. The van der Waals surface area contributed by atoms with Crippen LogP contribution < -0.4 is 10.1 Å². The SMILES string of the molecule is O=C(/C=C/CBr)Cc1cc2c(Nc3ccc(F)c(Cl)c3)ncnc2cc1OC[C@@H]1COCCO1. The third-order valence-corrected chi connectivity index (χ3v) is 5.73. The molecule has 1 N–H and O–H groups in total. The van der Waals surface area contributed by atoms with Gasteiger partial charge in [-0.05, 0) is 30.3 Å². The lowest BCUT2D eigenvalue weighted by atomic mass is 10.0. The minimum atomic E-state index is -0.508. The average molecular weight is 551 g/mol. The summed E-state index contributed by atoms with van der Waals surface area (Å²) in [7, 11) is 0.